The summed E-state index contributed by atoms with van der Waals surface area (Å²) in [6, 6.07) is 2.08. The summed E-state index contributed by atoms with van der Waals surface area (Å²) >= 11 is 0. The molecule has 1 aromatic heterocycles. The second-order valence-corrected chi connectivity index (χ2v) is 4.01. The molecule has 0 saturated heterocycles. The summed E-state index contributed by atoms with van der Waals surface area (Å²) in [5, 5.41) is 3.42. The second kappa shape index (κ2) is 7.85. The third kappa shape index (κ3) is 4.19. The van der Waals surface area contributed by atoms with Gasteiger partial charge in [-0.25, -0.2) is 0 Å². The maximum atomic E-state index is 4.21. The molecule has 0 aliphatic carbocycles. The molecule has 1 N–H and O–H groups in total. The molecule has 3 heteroatoms. The van der Waals surface area contributed by atoms with E-state index in [1.54, 1.807) is 0 Å². The lowest BCUT2D eigenvalue weighted by molar-refractivity contribution is 0.672. The molecule has 0 aliphatic heterocycles. The summed E-state index contributed by atoms with van der Waals surface area (Å²) in [4.78, 5) is 6.51. The average Bonchev–Trinajstić information content (AvgIpc) is 2.37. The first kappa shape index (κ1) is 13.7. The minimum absolute atomic E-state index is 0.876. The van der Waals surface area contributed by atoms with Gasteiger partial charge in [0.15, 0.2) is 0 Å². The van der Waals surface area contributed by atoms with Crippen molar-refractivity contribution in [2.75, 3.05) is 24.5 Å². The fourth-order valence-corrected chi connectivity index (χ4v) is 1.82. The fourth-order valence-electron chi connectivity index (χ4n) is 1.82. The SMILES string of the molecule is C=CCN(CC)c1ccncc1CNCCC. The number of nitrogens with one attached hydrogen (secondary N) is 1. The molecule has 0 unspecified atom stereocenters. The van der Waals surface area contributed by atoms with E-state index in [1.165, 1.54) is 11.3 Å². The van der Waals surface area contributed by atoms with Gasteiger partial charge in [-0.3, -0.25) is 4.98 Å². The Kier molecular flexibility index (Phi) is 6.33. The fraction of sp³-hybridized carbons (Fsp3) is 0.500. The van der Waals surface area contributed by atoms with Crippen LogP contribution in [-0.4, -0.2) is 24.6 Å². The smallest absolute Gasteiger partial charge is 0.0445 e. The van der Waals surface area contributed by atoms with E-state index in [1.807, 2.05) is 18.5 Å². The molecule has 1 rings (SSSR count). The first-order valence-electron chi connectivity index (χ1n) is 6.32. The number of pyridine rings is 1. The van der Waals surface area contributed by atoms with Gasteiger partial charge < -0.3 is 10.2 Å². The molecule has 0 radical (unpaired) electrons. The maximum Gasteiger partial charge on any atom is 0.0445 e. The Morgan fingerprint density at radius 1 is 1.47 bits per heavy atom. The number of aromatic nitrogens is 1. The quantitative estimate of drug-likeness (QED) is 0.552. The zero-order chi connectivity index (χ0) is 12.5. The molecule has 94 valence electrons. The summed E-state index contributed by atoms with van der Waals surface area (Å²) in [7, 11) is 0. The lowest BCUT2D eigenvalue weighted by Crippen LogP contribution is -2.25. The number of hydrogen-bond acceptors (Lipinski definition) is 3. The molecule has 3 nitrogen and oxygen atoms in total. The lowest BCUT2D eigenvalue weighted by atomic mass is 10.2. The molecule has 0 fully saturated rings. The predicted molar refractivity (Wildman–Crippen MR) is 74.3 cm³/mol. The Morgan fingerprint density at radius 2 is 2.29 bits per heavy atom. The van der Waals surface area contributed by atoms with Gasteiger partial charge in [-0.1, -0.05) is 13.0 Å². The standard InChI is InChI=1S/C14H23N3/c1-4-8-15-11-13-12-16-9-7-14(13)17(6-3)10-5-2/h5,7,9,12,15H,2,4,6,8,10-11H2,1,3H3. The maximum absolute atomic E-state index is 4.21. The zero-order valence-corrected chi connectivity index (χ0v) is 10.9. The van der Waals surface area contributed by atoms with E-state index in [2.05, 4.69) is 41.7 Å². The van der Waals surface area contributed by atoms with Crippen LogP contribution >= 0.6 is 0 Å². The Labute approximate surface area is 105 Å². The van der Waals surface area contributed by atoms with E-state index in [-0.39, 0.29) is 0 Å². The van der Waals surface area contributed by atoms with Crippen molar-refractivity contribution in [2.45, 2.75) is 26.8 Å². The van der Waals surface area contributed by atoms with Crippen molar-refractivity contribution in [1.29, 1.82) is 0 Å². The van der Waals surface area contributed by atoms with Crippen LogP contribution in [0.3, 0.4) is 0 Å². The molecule has 0 aliphatic rings. The first-order valence-corrected chi connectivity index (χ1v) is 6.32. The molecule has 0 bridgehead atoms. The minimum atomic E-state index is 0.876. The monoisotopic (exact) mass is 233 g/mol. The highest BCUT2D eigenvalue weighted by Gasteiger charge is 2.07. The van der Waals surface area contributed by atoms with E-state index >= 15 is 0 Å². The predicted octanol–water partition coefficient (Wildman–Crippen LogP) is 2.59. The van der Waals surface area contributed by atoms with Gasteiger partial charge in [0.1, 0.15) is 0 Å². The van der Waals surface area contributed by atoms with E-state index in [4.69, 9.17) is 0 Å². The van der Waals surface area contributed by atoms with Gasteiger partial charge in [-0.05, 0) is 26.0 Å². The van der Waals surface area contributed by atoms with Gasteiger partial charge in [0.25, 0.3) is 0 Å². The molecule has 0 spiro atoms. The van der Waals surface area contributed by atoms with Crippen molar-refractivity contribution in [3.05, 3.63) is 36.7 Å². The lowest BCUT2D eigenvalue weighted by Gasteiger charge is -2.24. The third-order valence-electron chi connectivity index (χ3n) is 2.69. The Morgan fingerprint density at radius 3 is 2.94 bits per heavy atom. The molecule has 1 heterocycles. The van der Waals surface area contributed by atoms with Crippen molar-refractivity contribution in [3.63, 3.8) is 0 Å². The van der Waals surface area contributed by atoms with Crippen molar-refractivity contribution in [3.8, 4) is 0 Å². The summed E-state index contributed by atoms with van der Waals surface area (Å²) in [6.07, 6.45) is 6.89. The number of rotatable bonds is 8. The van der Waals surface area contributed by atoms with Crippen molar-refractivity contribution in [2.24, 2.45) is 0 Å². The Balaban J connectivity index is 2.77. The molecular weight excluding hydrogens is 210 g/mol. The minimum Gasteiger partial charge on any atom is -0.368 e. The largest absolute Gasteiger partial charge is 0.368 e. The highest BCUT2D eigenvalue weighted by Crippen LogP contribution is 2.18. The molecule has 0 saturated carbocycles. The van der Waals surface area contributed by atoms with Gasteiger partial charge in [0.05, 0.1) is 0 Å². The van der Waals surface area contributed by atoms with E-state index in [9.17, 15) is 0 Å². The number of nitrogens with zero attached hydrogens (tertiary/aromatic N) is 2. The van der Waals surface area contributed by atoms with Crippen LogP contribution in [0.5, 0.6) is 0 Å². The molecule has 0 amide bonds. The van der Waals surface area contributed by atoms with Crippen molar-refractivity contribution in [1.82, 2.24) is 10.3 Å². The van der Waals surface area contributed by atoms with Crippen LogP contribution in [0.2, 0.25) is 0 Å². The summed E-state index contributed by atoms with van der Waals surface area (Å²) in [5.41, 5.74) is 2.51. The molecular formula is C14H23N3. The summed E-state index contributed by atoms with van der Waals surface area (Å²) < 4.78 is 0. The van der Waals surface area contributed by atoms with Crippen molar-refractivity contribution < 1.29 is 0 Å². The van der Waals surface area contributed by atoms with Gasteiger partial charge in [-0.2, -0.15) is 0 Å². The summed E-state index contributed by atoms with van der Waals surface area (Å²) in [5.74, 6) is 0. The van der Waals surface area contributed by atoms with E-state index in [0.29, 0.717) is 0 Å². The van der Waals surface area contributed by atoms with Crippen molar-refractivity contribution >= 4 is 5.69 Å². The zero-order valence-electron chi connectivity index (χ0n) is 10.9. The highest BCUT2D eigenvalue weighted by molar-refractivity contribution is 5.52. The normalized spacial score (nSPS) is 10.2. The van der Waals surface area contributed by atoms with Crippen LogP contribution in [0, 0.1) is 0 Å². The molecule has 17 heavy (non-hydrogen) atoms. The Bertz CT molecular complexity index is 336. The van der Waals surface area contributed by atoms with Gasteiger partial charge in [0, 0.05) is 43.3 Å². The topological polar surface area (TPSA) is 28.2 Å². The summed E-state index contributed by atoms with van der Waals surface area (Å²) in [6.45, 7) is 11.9. The van der Waals surface area contributed by atoms with Crippen LogP contribution in [0.1, 0.15) is 25.8 Å². The number of hydrogen-bond donors (Lipinski definition) is 1. The number of anilines is 1. The van der Waals surface area contributed by atoms with E-state index < -0.39 is 0 Å². The van der Waals surface area contributed by atoms with Crippen LogP contribution in [0.15, 0.2) is 31.1 Å². The van der Waals surface area contributed by atoms with Gasteiger partial charge in [0.2, 0.25) is 0 Å². The van der Waals surface area contributed by atoms with E-state index in [0.717, 1.165) is 32.6 Å². The van der Waals surface area contributed by atoms with Crippen LogP contribution < -0.4 is 10.2 Å². The van der Waals surface area contributed by atoms with Crippen LogP contribution in [0.4, 0.5) is 5.69 Å². The van der Waals surface area contributed by atoms with Crippen LogP contribution in [-0.2, 0) is 6.54 Å². The van der Waals surface area contributed by atoms with Crippen LogP contribution in [0.25, 0.3) is 0 Å². The first-order chi connectivity index (χ1) is 8.33. The third-order valence-corrected chi connectivity index (χ3v) is 2.69. The van der Waals surface area contributed by atoms with Gasteiger partial charge >= 0.3 is 0 Å². The number of likely N-dealkylation sites (N-methyl/N-ethyl adjacent to an activating group) is 1. The van der Waals surface area contributed by atoms with Gasteiger partial charge in [-0.15, -0.1) is 6.58 Å². The highest BCUT2D eigenvalue weighted by atomic mass is 15.1. The molecule has 1 aromatic rings. The molecule has 0 aromatic carbocycles. The second-order valence-electron chi connectivity index (χ2n) is 4.01. The average molecular weight is 233 g/mol. The Hall–Kier alpha value is -1.35. The molecule has 0 atom stereocenters.